The van der Waals surface area contributed by atoms with E-state index in [9.17, 15) is 9.59 Å². The minimum atomic E-state index is -0.575. The molecule has 0 atom stereocenters. The van der Waals surface area contributed by atoms with Crippen molar-refractivity contribution in [3.63, 3.8) is 0 Å². The minimum absolute atomic E-state index is 0.335. The molecule has 0 radical (unpaired) electrons. The van der Waals surface area contributed by atoms with Gasteiger partial charge < -0.3 is 14.8 Å². The van der Waals surface area contributed by atoms with Gasteiger partial charge in [-0.2, -0.15) is 0 Å². The molecule has 0 heterocycles. The Balaban J connectivity index is 1.93. The summed E-state index contributed by atoms with van der Waals surface area (Å²) >= 11 is 3.30. The second-order valence-corrected chi connectivity index (χ2v) is 6.20. The summed E-state index contributed by atoms with van der Waals surface area (Å²) in [5.41, 5.74) is 3.11. The molecular formula is C18H18BrNO4. The van der Waals surface area contributed by atoms with Gasteiger partial charge in [0.2, 0.25) is 0 Å². The molecule has 0 saturated heterocycles. The van der Waals surface area contributed by atoms with Crippen LogP contribution in [0.15, 0.2) is 40.9 Å². The molecule has 5 nitrogen and oxygen atoms in total. The summed E-state index contributed by atoms with van der Waals surface area (Å²) in [7, 11) is 1.54. The van der Waals surface area contributed by atoms with Crippen LogP contribution in [0, 0.1) is 13.8 Å². The van der Waals surface area contributed by atoms with Gasteiger partial charge in [0.25, 0.3) is 5.91 Å². The van der Waals surface area contributed by atoms with Gasteiger partial charge in [-0.3, -0.25) is 4.79 Å². The molecule has 24 heavy (non-hydrogen) atoms. The molecule has 126 valence electrons. The number of hydrogen-bond donors (Lipinski definition) is 1. The number of hydrogen-bond acceptors (Lipinski definition) is 4. The number of aryl methyl sites for hydroxylation is 2. The largest absolute Gasteiger partial charge is 0.496 e. The number of amides is 1. The van der Waals surface area contributed by atoms with Gasteiger partial charge >= 0.3 is 5.97 Å². The molecule has 0 aliphatic carbocycles. The predicted octanol–water partition coefficient (Wildman–Crippen LogP) is 3.87. The zero-order valence-electron chi connectivity index (χ0n) is 13.7. The van der Waals surface area contributed by atoms with Crippen molar-refractivity contribution in [2.45, 2.75) is 13.8 Å². The van der Waals surface area contributed by atoms with Gasteiger partial charge in [0.1, 0.15) is 5.75 Å². The molecule has 2 aromatic rings. The van der Waals surface area contributed by atoms with Gasteiger partial charge in [-0.05, 0) is 71.2 Å². The van der Waals surface area contributed by atoms with E-state index in [1.54, 1.807) is 18.2 Å². The first-order valence-electron chi connectivity index (χ1n) is 7.28. The number of methoxy groups -OCH3 is 1. The van der Waals surface area contributed by atoms with Gasteiger partial charge in [-0.15, -0.1) is 0 Å². The lowest BCUT2D eigenvalue weighted by atomic mass is 10.1. The summed E-state index contributed by atoms with van der Waals surface area (Å²) in [6.07, 6.45) is 0. The van der Waals surface area contributed by atoms with Crippen LogP contribution in [0.25, 0.3) is 0 Å². The Hall–Kier alpha value is -2.34. The number of ether oxygens (including phenoxy) is 2. The Morgan fingerprint density at radius 1 is 1.08 bits per heavy atom. The predicted molar refractivity (Wildman–Crippen MR) is 95.5 cm³/mol. The molecule has 1 N–H and O–H groups in total. The van der Waals surface area contributed by atoms with Crippen LogP contribution in [-0.4, -0.2) is 25.6 Å². The van der Waals surface area contributed by atoms with E-state index >= 15 is 0 Å². The zero-order chi connectivity index (χ0) is 17.7. The molecule has 1 amide bonds. The quantitative estimate of drug-likeness (QED) is 0.785. The molecule has 2 aromatic carbocycles. The van der Waals surface area contributed by atoms with Crippen molar-refractivity contribution in [1.29, 1.82) is 0 Å². The van der Waals surface area contributed by atoms with Gasteiger partial charge in [-0.1, -0.05) is 6.07 Å². The van der Waals surface area contributed by atoms with Crippen molar-refractivity contribution in [1.82, 2.24) is 0 Å². The Bertz CT molecular complexity index is 753. The van der Waals surface area contributed by atoms with Crippen LogP contribution in [0.1, 0.15) is 21.5 Å². The van der Waals surface area contributed by atoms with Crippen LogP contribution in [0.3, 0.4) is 0 Å². The first-order chi connectivity index (χ1) is 11.4. The highest BCUT2D eigenvalue weighted by Gasteiger charge is 2.12. The maximum absolute atomic E-state index is 12.0. The maximum Gasteiger partial charge on any atom is 0.338 e. The van der Waals surface area contributed by atoms with Crippen LogP contribution in [-0.2, 0) is 9.53 Å². The molecule has 0 saturated carbocycles. The highest BCUT2D eigenvalue weighted by atomic mass is 79.9. The third kappa shape index (κ3) is 4.83. The molecule has 0 aliphatic heterocycles. The molecular weight excluding hydrogens is 374 g/mol. The van der Waals surface area contributed by atoms with Gasteiger partial charge in [0, 0.05) is 5.69 Å². The van der Waals surface area contributed by atoms with Crippen molar-refractivity contribution in [3.8, 4) is 5.75 Å². The summed E-state index contributed by atoms with van der Waals surface area (Å²) < 4.78 is 10.8. The third-order valence-electron chi connectivity index (χ3n) is 3.23. The number of carbonyl (C=O) groups is 2. The average Bonchev–Trinajstić information content (AvgIpc) is 2.51. The van der Waals surface area contributed by atoms with E-state index < -0.39 is 5.97 Å². The van der Waals surface area contributed by atoms with Gasteiger partial charge in [-0.25, -0.2) is 4.79 Å². The van der Waals surface area contributed by atoms with Crippen molar-refractivity contribution < 1.29 is 19.1 Å². The molecule has 0 bridgehead atoms. The first kappa shape index (κ1) is 18.0. The number of carbonyl (C=O) groups excluding carboxylic acids is 2. The van der Waals surface area contributed by atoms with Crippen molar-refractivity contribution in [2.75, 3.05) is 19.0 Å². The standard InChI is InChI=1S/C18H18BrNO4/c1-11-6-12(2)8-14(7-11)20-17(21)10-24-18(22)13-4-5-16(23-3)15(19)9-13/h4-9H,10H2,1-3H3,(H,20,21). The van der Waals surface area contributed by atoms with Crippen LogP contribution in [0.2, 0.25) is 0 Å². The van der Waals surface area contributed by atoms with Crippen LogP contribution < -0.4 is 10.1 Å². The summed E-state index contributed by atoms with van der Waals surface area (Å²) in [5, 5.41) is 2.71. The van der Waals surface area contributed by atoms with E-state index in [1.165, 1.54) is 7.11 Å². The van der Waals surface area contributed by atoms with E-state index in [2.05, 4.69) is 21.2 Å². The zero-order valence-corrected chi connectivity index (χ0v) is 15.3. The number of benzene rings is 2. The molecule has 0 fully saturated rings. The van der Waals surface area contributed by atoms with E-state index in [1.807, 2.05) is 32.0 Å². The van der Waals surface area contributed by atoms with E-state index in [-0.39, 0.29) is 12.5 Å². The fraction of sp³-hybridized carbons (Fsp3) is 0.222. The lowest BCUT2D eigenvalue weighted by Gasteiger charge is -2.09. The van der Waals surface area contributed by atoms with E-state index in [0.29, 0.717) is 21.5 Å². The second-order valence-electron chi connectivity index (χ2n) is 5.35. The lowest BCUT2D eigenvalue weighted by molar-refractivity contribution is -0.119. The molecule has 0 unspecified atom stereocenters. The molecule has 2 rings (SSSR count). The van der Waals surface area contributed by atoms with Crippen molar-refractivity contribution in [2.24, 2.45) is 0 Å². The molecule has 0 spiro atoms. The number of esters is 1. The average molecular weight is 392 g/mol. The monoisotopic (exact) mass is 391 g/mol. The third-order valence-corrected chi connectivity index (χ3v) is 3.85. The van der Waals surface area contributed by atoms with Crippen molar-refractivity contribution in [3.05, 3.63) is 57.6 Å². The normalized spacial score (nSPS) is 10.2. The Morgan fingerprint density at radius 3 is 2.33 bits per heavy atom. The second kappa shape index (κ2) is 7.97. The SMILES string of the molecule is COc1ccc(C(=O)OCC(=O)Nc2cc(C)cc(C)c2)cc1Br. The highest BCUT2D eigenvalue weighted by Crippen LogP contribution is 2.25. The molecule has 6 heteroatoms. The Labute approximate surface area is 149 Å². The van der Waals surface area contributed by atoms with E-state index in [0.717, 1.165) is 11.1 Å². The Morgan fingerprint density at radius 2 is 1.75 bits per heavy atom. The first-order valence-corrected chi connectivity index (χ1v) is 8.07. The topological polar surface area (TPSA) is 64.6 Å². The highest BCUT2D eigenvalue weighted by molar-refractivity contribution is 9.10. The number of rotatable bonds is 5. The summed E-state index contributed by atoms with van der Waals surface area (Å²) in [6.45, 7) is 3.55. The molecule has 0 aromatic heterocycles. The number of anilines is 1. The number of halogens is 1. The van der Waals surface area contributed by atoms with Crippen LogP contribution >= 0.6 is 15.9 Å². The van der Waals surface area contributed by atoms with E-state index in [4.69, 9.17) is 9.47 Å². The fourth-order valence-electron chi connectivity index (χ4n) is 2.25. The smallest absolute Gasteiger partial charge is 0.338 e. The maximum atomic E-state index is 12.0. The van der Waals surface area contributed by atoms with Crippen LogP contribution in [0.4, 0.5) is 5.69 Å². The lowest BCUT2D eigenvalue weighted by Crippen LogP contribution is -2.21. The summed E-state index contributed by atoms with van der Waals surface area (Å²) in [5.74, 6) is -0.353. The fourth-order valence-corrected chi connectivity index (χ4v) is 2.79. The molecule has 0 aliphatic rings. The summed E-state index contributed by atoms with van der Waals surface area (Å²) in [6, 6.07) is 10.5. The summed E-state index contributed by atoms with van der Waals surface area (Å²) in [4.78, 5) is 23.9. The van der Waals surface area contributed by atoms with Crippen LogP contribution in [0.5, 0.6) is 5.75 Å². The Kier molecular flexibility index (Phi) is 5.98. The number of nitrogens with one attached hydrogen (secondary N) is 1. The minimum Gasteiger partial charge on any atom is -0.496 e. The van der Waals surface area contributed by atoms with Gasteiger partial charge in [0.05, 0.1) is 17.1 Å². The van der Waals surface area contributed by atoms with Crippen molar-refractivity contribution >= 4 is 33.5 Å². The van der Waals surface area contributed by atoms with Gasteiger partial charge in [0.15, 0.2) is 6.61 Å².